The Morgan fingerprint density at radius 3 is 2.41 bits per heavy atom. The first kappa shape index (κ1) is 24.5. The molecule has 1 N–H and O–H groups in total. The van der Waals surface area contributed by atoms with Gasteiger partial charge in [-0.2, -0.15) is 0 Å². The van der Waals surface area contributed by atoms with E-state index in [1.807, 2.05) is 0 Å². The number of rotatable bonds is 5. The first-order valence-electron chi connectivity index (χ1n) is 12.1. The summed E-state index contributed by atoms with van der Waals surface area (Å²) >= 11 is 0. The summed E-state index contributed by atoms with van der Waals surface area (Å²) in [7, 11) is 0. The smallest absolute Gasteiger partial charge is 0.327 e. The second-order valence-electron chi connectivity index (χ2n) is 10.8. The number of nitrogens with zero attached hydrogens (tertiary/aromatic N) is 2. The van der Waals surface area contributed by atoms with Gasteiger partial charge in [-0.25, -0.2) is 4.79 Å². The van der Waals surface area contributed by atoms with Crippen LogP contribution in [-0.2, 0) is 19.1 Å². The fourth-order valence-corrected chi connectivity index (χ4v) is 5.50. The van der Waals surface area contributed by atoms with Crippen molar-refractivity contribution in [3.8, 4) is 0 Å². The average molecular weight is 450 g/mol. The van der Waals surface area contributed by atoms with Gasteiger partial charge in [0.15, 0.2) is 6.10 Å². The Labute approximate surface area is 191 Å². The number of hydrogen-bond acceptors (Lipinski definition) is 5. The summed E-state index contributed by atoms with van der Waals surface area (Å²) in [4.78, 5) is 53.7. The lowest BCUT2D eigenvalue weighted by Gasteiger charge is -2.40. The van der Waals surface area contributed by atoms with Gasteiger partial charge in [-0.05, 0) is 69.6 Å². The summed E-state index contributed by atoms with van der Waals surface area (Å²) in [6, 6.07) is -0.381. The first-order chi connectivity index (χ1) is 15.0. The van der Waals surface area contributed by atoms with E-state index < -0.39 is 30.2 Å². The van der Waals surface area contributed by atoms with E-state index in [9.17, 15) is 19.2 Å². The highest BCUT2D eigenvalue weighted by atomic mass is 16.5. The van der Waals surface area contributed by atoms with Gasteiger partial charge < -0.3 is 15.0 Å². The van der Waals surface area contributed by atoms with Crippen molar-refractivity contribution in [2.45, 2.75) is 104 Å². The Balaban J connectivity index is 1.56. The van der Waals surface area contributed by atoms with Gasteiger partial charge in [-0.15, -0.1) is 0 Å². The zero-order chi connectivity index (χ0) is 23.7. The van der Waals surface area contributed by atoms with Crippen LogP contribution in [0, 0.1) is 11.3 Å². The highest BCUT2D eigenvalue weighted by molar-refractivity contribution is 6.08. The molecule has 32 heavy (non-hydrogen) atoms. The minimum atomic E-state index is -0.938. The SMILES string of the molecule is CCC1CCCCN1C(=O)C(C)OC(=O)CN1C(=O)NC2(CCC(C(C)(C)C)CC2)C1=O. The Morgan fingerprint density at radius 2 is 1.81 bits per heavy atom. The second kappa shape index (κ2) is 9.40. The number of carbonyl (C=O) groups is 4. The van der Waals surface area contributed by atoms with Gasteiger partial charge in [0.1, 0.15) is 12.1 Å². The normalized spacial score (nSPS) is 29.8. The minimum Gasteiger partial charge on any atom is -0.451 e. The van der Waals surface area contributed by atoms with Gasteiger partial charge in [0.2, 0.25) is 0 Å². The van der Waals surface area contributed by atoms with E-state index in [2.05, 4.69) is 33.0 Å². The van der Waals surface area contributed by atoms with Crippen LogP contribution in [0.5, 0.6) is 0 Å². The van der Waals surface area contributed by atoms with E-state index in [0.29, 0.717) is 25.3 Å². The molecule has 2 unspecified atom stereocenters. The molecule has 0 aromatic carbocycles. The van der Waals surface area contributed by atoms with Crippen molar-refractivity contribution in [1.82, 2.24) is 15.1 Å². The Hall–Kier alpha value is -2.12. The fraction of sp³-hybridized carbons (Fsp3) is 0.833. The number of nitrogens with one attached hydrogen (secondary N) is 1. The molecule has 3 rings (SSSR count). The van der Waals surface area contributed by atoms with Crippen LogP contribution < -0.4 is 5.32 Å². The molecular weight excluding hydrogens is 410 g/mol. The highest BCUT2D eigenvalue weighted by Crippen LogP contribution is 2.43. The minimum absolute atomic E-state index is 0.157. The molecule has 1 saturated carbocycles. The zero-order valence-electron chi connectivity index (χ0n) is 20.2. The van der Waals surface area contributed by atoms with E-state index >= 15 is 0 Å². The van der Waals surface area contributed by atoms with E-state index in [4.69, 9.17) is 4.74 Å². The highest BCUT2D eigenvalue weighted by Gasteiger charge is 2.53. The molecule has 0 aromatic heterocycles. The molecule has 2 saturated heterocycles. The van der Waals surface area contributed by atoms with Crippen molar-refractivity contribution in [3.05, 3.63) is 0 Å². The fourth-order valence-electron chi connectivity index (χ4n) is 5.50. The molecule has 0 bridgehead atoms. The first-order valence-corrected chi connectivity index (χ1v) is 12.1. The lowest BCUT2D eigenvalue weighted by atomic mass is 9.67. The second-order valence-corrected chi connectivity index (χ2v) is 10.8. The van der Waals surface area contributed by atoms with Gasteiger partial charge in [-0.3, -0.25) is 19.3 Å². The van der Waals surface area contributed by atoms with Crippen molar-refractivity contribution in [1.29, 1.82) is 0 Å². The van der Waals surface area contributed by atoms with Gasteiger partial charge >= 0.3 is 12.0 Å². The monoisotopic (exact) mass is 449 g/mol. The Morgan fingerprint density at radius 1 is 1.16 bits per heavy atom. The quantitative estimate of drug-likeness (QED) is 0.513. The topological polar surface area (TPSA) is 96.0 Å². The third-order valence-electron chi connectivity index (χ3n) is 7.63. The molecule has 2 heterocycles. The van der Waals surface area contributed by atoms with Gasteiger partial charge in [0.05, 0.1) is 0 Å². The molecule has 2 aliphatic heterocycles. The van der Waals surface area contributed by atoms with Crippen LogP contribution in [0.3, 0.4) is 0 Å². The maximum absolute atomic E-state index is 13.1. The summed E-state index contributed by atoms with van der Waals surface area (Å²) in [6.07, 6.45) is 5.80. The molecule has 4 amide bonds. The molecule has 2 atom stereocenters. The largest absolute Gasteiger partial charge is 0.451 e. The molecule has 8 heteroatoms. The number of likely N-dealkylation sites (tertiary alicyclic amines) is 1. The van der Waals surface area contributed by atoms with Crippen LogP contribution in [0.25, 0.3) is 0 Å². The summed E-state index contributed by atoms with van der Waals surface area (Å²) in [5, 5.41) is 2.84. The van der Waals surface area contributed by atoms with Crippen LogP contribution >= 0.6 is 0 Å². The number of imide groups is 1. The van der Waals surface area contributed by atoms with Crippen LogP contribution in [0.15, 0.2) is 0 Å². The van der Waals surface area contributed by atoms with Gasteiger partial charge in [-0.1, -0.05) is 27.7 Å². The third-order valence-corrected chi connectivity index (χ3v) is 7.63. The number of hydrogen-bond donors (Lipinski definition) is 1. The molecular formula is C24H39N3O5. The molecule has 180 valence electrons. The maximum Gasteiger partial charge on any atom is 0.327 e. The third kappa shape index (κ3) is 4.94. The summed E-state index contributed by atoms with van der Waals surface area (Å²) in [5.41, 5.74) is -0.757. The number of ether oxygens (including phenoxy) is 1. The van der Waals surface area contributed by atoms with Crippen LogP contribution in [0.2, 0.25) is 0 Å². The van der Waals surface area contributed by atoms with Crippen LogP contribution in [-0.4, -0.2) is 64.4 Å². The van der Waals surface area contributed by atoms with E-state index in [0.717, 1.165) is 43.4 Å². The number of esters is 1. The number of amides is 4. The number of piperidine rings is 1. The lowest BCUT2D eigenvalue weighted by molar-refractivity contribution is -0.162. The van der Waals surface area contributed by atoms with Crippen LogP contribution in [0.4, 0.5) is 4.79 Å². The molecule has 3 aliphatic rings. The van der Waals surface area contributed by atoms with Crippen LogP contribution in [0.1, 0.15) is 86.0 Å². The van der Waals surface area contributed by atoms with Crippen molar-refractivity contribution in [2.75, 3.05) is 13.1 Å². The molecule has 8 nitrogen and oxygen atoms in total. The van der Waals surface area contributed by atoms with E-state index in [1.165, 1.54) is 0 Å². The number of urea groups is 1. The Kier molecular flexibility index (Phi) is 7.20. The molecule has 1 spiro atoms. The van der Waals surface area contributed by atoms with Gasteiger partial charge in [0, 0.05) is 12.6 Å². The van der Waals surface area contributed by atoms with Crippen molar-refractivity contribution >= 4 is 23.8 Å². The predicted molar refractivity (Wildman–Crippen MR) is 120 cm³/mol. The standard InChI is InChI=1S/C24H39N3O5/c1-6-18-9-7-8-14-26(18)20(29)16(2)32-19(28)15-27-21(30)24(25-22(27)31)12-10-17(11-13-24)23(3,4)5/h16-18H,6-15H2,1-5H3,(H,25,31). The molecule has 0 aromatic rings. The predicted octanol–water partition coefficient (Wildman–Crippen LogP) is 3.24. The van der Waals surface area contributed by atoms with E-state index in [1.54, 1.807) is 11.8 Å². The van der Waals surface area contributed by atoms with Crippen molar-refractivity contribution in [2.24, 2.45) is 11.3 Å². The summed E-state index contributed by atoms with van der Waals surface area (Å²) in [5.74, 6) is -0.808. The molecule has 1 aliphatic carbocycles. The maximum atomic E-state index is 13.1. The van der Waals surface area contributed by atoms with Crippen molar-refractivity contribution < 1.29 is 23.9 Å². The summed E-state index contributed by atoms with van der Waals surface area (Å²) < 4.78 is 5.35. The molecule has 3 fully saturated rings. The van der Waals surface area contributed by atoms with E-state index in [-0.39, 0.29) is 23.3 Å². The molecule has 0 radical (unpaired) electrons. The van der Waals surface area contributed by atoms with Gasteiger partial charge in [0.25, 0.3) is 11.8 Å². The Bertz CT molecular complexity index is 751. The van der Waals surface area contributed by atoms with Crippen molar-refractivity contribution in [3.63, 3.8) is 0 Å². The summed E-state index contributed by atoms with van der Waals surface area (Å²) in [6.45, 7) is 10.4. The average Bonchev–Trinajstić information content (AvgIpc) is 2.96. The number of carbonyl (C=O) groups excluding carboxylic acids is 4. The zero-order valence-corrected chi connectivity index (χ0v) is 20.2. The lowest BCUT2D eigenvalue weighted by Crippen LogP contribution is -2.51.